The van der Waals surface area contributed by atoms with Crippen molar-refractivity contribution in [3.63, 3.8) is 0 Å². The first-order chi connectivity index (χ1) is 12.6. The Balaban J connectivity index is 1.67. The van der Waals surface area contributed by atoms with Crippen molar-refractivity contribution in [2.24, 2.45) is 5.41 Å². The zero-order valence-electron chi connectivity index (χ0n) is 15.0. The minimum atomic E-state index is -0.406. The fourth-order valence-corrected chi connectivity index (χ4v) is 4.22. The van der Waals surface area contributed by atoms with Crippen molar-refractivity contribution >= 4 is 11.8 Å². The Labute approximate surface area is 153 Å². The van der Waals surface area contributed by atoms with Gasteiger partial charge in [0.25, 0.3) is 5.91 Å². The summed E-state index contributed by atoms with van der Waals surface area (Å²) in [5.41, 5.74) is 2.87. The van der Waals surface area contributed by atoms with Crippen LogP contribution in [0.25, 0.3) is 11.1 Å². The fourth-order valence-electron chi connectivity index (χ4n) is 4.22. The van der Waals surface area contributed by atoms with Crippen LogP contribution in [0.5, 0.6) is 0 Å². The van der Waals surface area contributed by atoms with E-state index in [4.69, 9.17) is 0 Å². The Kier molecular flexibility index (Phi) is 4.23. The summed E-state index contributed by atoms with van der Waals surface area (Å²) in [6.45, 7) is 3.74. The maximum atomic E-state index is 13.3. The Morgan fingerprint density at radius 2 is 2.00 bits per heavy atom. The number of aryl methyl sites for hydroxylation is 1. The first-order valence-electron chi connectivity index (χ1n) is 9.19. The normalized spacial score (nSPS) is 22.5. The number of piperidine rings is 1. The van der Waals surface area contributed by atoms with Gasteiger partial charge in [-0.2, -0.15) is 0 Å². The van der Waals surface area contributed by atoms with Crippen LogP contribution < -0.4 is 5.32 Å². The molecule has 2 aliphatic rings. The number of carbonyl (C=O) groups excluding carboxylic acids is 2. The largest absolute Gasteiger partial charge is 0.356 e. The molecule has 1 spiro atoms. The van der Waals surface area contributed by atoms with Crippen LogP contribution in [0.3, 0.4) is 0 Å². The van der Waals surface area contributed by atoms with Crippen molar-refractivity contribution in [2.75, 3.05) is 19.6 Å². The maximum absolute atomic E-state index is 13.3. The van der Waals surface area contributed by atoms with Crippen LogP contribution in [-0.4, -0.2) is 41.3 Å². The minimum absolute atomic E-state index is 0.0234. The molecule has 26 heavy (non-hydrogen) atoms. The third-order valence-electron chi connectivity index (χ3n) is 5.68. The van der Waals surface area contributed by atoms with Gasteiger partial charge in [0.2, 0.25) is 5.91 Å². The summed E-state index contributed by atoms with van der Waals surface area (Å²) in [6, 6.07) is 11.8. The van der Waals surface area contributed by atoms with E-state index in [1.165, 1.54) is 0 Å². The van der Waals surface area contributed by atoms with Gasteiger partial charge in [-0.3, -0.25) is 14.6 Å². The summed E-state index contributed by atoms with van der Waals surface area (Å²) in [5, 5.41) is 2.97. The molecule has 4 rings (SSSR count). The van der Waals surface area contributed by atoms with E-state index < -0.39 is 5.41 Å². The van der Waals surface area contributed by atoms with E-state index in [-0.39, 0.29) is 11.8 Å². The van der Waals surface area contributed by atoms with Gasteiger partial charge in [0.15, 0.2) is 0 Å². The smallest absolute Gasteiger partial charge is 0.256 e. The van der Waals surface area contributed by atoms with Crippen molar-refractivity contribution in [1.29, 1.82) is 0 Å². The SMILES string of the molecule is Cc1nccc(-c2ccccc2)c1C(=O)N1CCC2(CCCNC2=O)C1. The van der Waals surface area contributed by atoms with Crippen LogP contribution in [0, 0.1) is 12.3 Å². The van der Waals surface area contributed by atoms with Gasteiger partial charge in [-0.15, -0.1) is 0 Å². The molecule has 1 N–H and O–H groups in total. The van der Waals surface area contributed by atoms with Gasteiger partial charge in [0.1, 0.15) is 0 Å². The van der Waals surface area contributed by atoms with E-state index in [0.29, 0.717) is 18.7 Å². The Bertz CT molecular complexity index is 850. The molecule has 5 nitrogen and oxygen atoms in total. The number of amides is 2. The van der Waals surface area contributed by atoms with E-state index in [9.17, 15) is 9.59 Å². The van der Waals surface area contributed by atoms with E-state index in [1.54, 1.807) is 6.20 Å². The third-order valence-corrected chi connectivity index (χ3v) is 5.68. The summed E-state index contributed by atoms with van der Waals surface area (Å²) in [7, 11) is 0. The molecule has 2 aliphatic heterocycles. The summed E-state index contributed by atoms with van der Waals surface area (Å²) in [6.07, 6.45) is 4.33. The average Bonchev–Trinajstić information content (AvgIpc) is 3.09. The predicted octanol–water partition coefficient (Wildman–Crippen LogP) is 2.80. The van der Waals surface area contributed by atoms with Crippen molar-refractivity contribution in [3.05, 3.63) is 53.9 Å². The predicted molar refractivity (Wildman–Crippen MR) is 99.6 cm³/mol. The van der Waals surface area contributed by atoms with Crippen molar-refractivity contribution in [3.8, 4) is 11.1 Å². The van der Waals surface area contributed by atoms with Crippen LogP contribution in [-0.2, 0) is 4.79 Å². The van der Waals surface area contributed by atoms with Gasteiger partial charge in [0, 0.05) is 25.8 Å². The van der Waals surface area contributed by atoms with Crippen molar-refractivity contribution in [2.45, 2.75) is 26.2 Å². The second-order valence-electron chi connectivity index (χ2n) is 7.30. The lowest BCUT2D eigenvalue weighted by Gasteiger charge is -2.32. The van der Waals surface area contributed by atoms with Crippen LogP contribution in [0.2, 0.25) is 0 Å². The number of aromatic nitrogens is 1. The molecule has 0 bridgehead atoms. The summed E-state index contributed by atoms with van der Waals surface area (Å²) in [4.78, 5) is 32.0. The van der Waals surface area contributed by atoms with Crippen molar-refractivity contribution < 1.29 is 9.59 Å². The maximum Gasteiger partial charge on any atom is 0.256 e. The molecule has 2 aromatic rings. The number of hydrogen-bond acceptors (Lipinski definition) is 3. The molecule has 1 atom stereocenters. The minimum Gasteiger partial charge on any atom is -0.356 e. The molecule has 1 aromatic heterocycles. The highest BCUT2D eigenvalue weighted by Gasteiger charge is 2.47. The number of rotatable bonds is 2. The second kappa shape index (κ2) is 6.56. The highest BCUT2D eigenvalue weighted by molar-refractivity contribution is 6.02. The molecule has 0 saturated carbocycles. The standard InChI is InChI=1S/C21H23N3O2/c1-15-18(17(8-12-22-15)16-6-3-2-4-7-16)19(25)24-13-10-21(14-24)9-5-11-23-20(21)26/h2-4,6-8,12H,5,9-11,13-14H2,1H3,(H,23,26). The Morgan fingerprint density at radius 1 is 1.19 bits per heavy atom. The molecular formula is C21H23N3O2. The molecule has 2 amide bonds. The van der Waals surface area contributed by atoms with E-state index in [1.807, 2.05) is 48.2 Å². The Morgan fingerprint density at radius 3 is 2.77 bits per heavy atom. The van der Waals surface area contributed by atoms with E-state index in [2.05, 4.69) is 10.3 Å². The summed E-state index contributed by atoms with van der Waals surface area (Å²) >= 11 is 0. The highest BCUT2D eigenvalue weighted by atomic mass is 16.2. The zero-order chi connectivity index (χ0) is 18.1. The van der Waals surface area contributed by atoms with E-state index in [0.717, 1.165) is 42.6 Å². The van der Waals surface area contributed by atoms with Gasteiger partial charge < -0.3 is 10.2 Å². The van der Waals surface area contributed by atoms with Crippen LogP contribution in [0.1, 0.15) is 35.3 Å². The monoisotopic (exact) mass is 349 g/mol. The first-order valence-corrected chi connectivity index (χ1v) is 9.19. The van der Waals surface area contributed by atoms with E-state index >= 15 is 0 Å². The topological polar surface area (TPSA) is 62.3 Å². The molecule has 1 unspecified atom stereocenters. The zero-order valence-corrected chi connectivity index (χ0v) is 15.0. The van der Waals surface area contributed by atoms with Crippen LogP contribution in [0.15, 0.2) is 42.6 Å². The second-order valence-corrected chi connectivity index (χ2v) is 7.30. The summed E-state index contributed by atoms with van der Waals surface area (Å²) in [5.74, 6) is 0.0787. The lowest BCUT2D eigenvalue weighted by molar-refractivity contribution is -0.132. The average molecular weight is 349 g/mol. The number of nitrogens with one attached hydrogen (secondary N) is 1. The molecule has 2 fully saturated rings. The number of carbonyl (C=O) groups is 2. The molecule has 2 saturated heterocycles. The lowest BCUT2D eigenvalue weighted by atomic mass is 9.79. The number of benzene rings is 1. The van der Waals surface area contributed by atoms with Crippen molar-refractivity contribution in [1.82, 2.24) is 15.2 Å². The lowest BCUT2D eigenvalue weighted by Crippen LogP contribution is -2.47. The number of likely N-dealkylation sites (tertiary alicyclic amines) is 1. The molecule has 0 aliphatic carbocycles. The van der Waals surface area contributed by atoms with Crippen LogP contribution in [0.4, 0.5) is 0 Å². The van der Waals surface area contributed by atoms with Gasteiger partial charge in [-0.1, -0.05) is 30.3 Å². The first kappa shape index (κ1) is 16.8. The molecule has 5 heteroatoms. The summed E-state index contributed by atoms with van der Waals surface area (Å²) < 4.78 is 0. The Hall–Kier alpha value is -2.69. The fraction of sp³-hybridized carbons (Fsp3) is 0.381. The van der Waals surface area contributed by atoms with Gasteiger partial charge >= 0.3 is 0 Å². The molecule has 3 heterocycles. The molecule has 0 radical (unpaired) electrons. The quantitative estimate of drug-likeness (QED) is 0.907. The van der Waals surface area contributed by atoms with Gasteiger partial charge in [-0.25, -0.2) is 0 Å². The van der Waals surface area contributed by atoms with Gasteiger partial charge in [-0.05, 0) is 43.4 Å². The third kappa shape index (κ3) is 2.77. The van der Waals surface area contributed by atoms with Crippen LogP contribution >= 0.6 is 0 Å². The highest BCUT2D eigenvalue weighted by Crippen LogP contribution is 2.38. The number of hydrogen-bond donors (Lipinski definition) is 1. The molecule has 1 aromatic carbocycles. The molecule has 134 valence electrons. The molecular weight excluding hydrogens is 326 g/mol. The number of nitrogens with zero attached hydrogens (tertiary/aromatic N) is 2. The number of pyridine rings is 1. The van der Waals surface area contributed by atoms with Gasteiger partial charge in [0.05, 0.1) is 16.7 Å².